The summed E-state index contributed by atoms with van der Waals surface area (Å²) in [6, 6.07) is 0. The topological polar surface area (TPSA) is 341 Å². The lowest BCUT2D eigenvalue weighted by molar-refractivity contribution is -0.137. The van der Waals surface area contributed by atoms with Crippen LogP contribution in [0.4, 0.5) is 0 Å². The van der Waals surface area contributed by atoms with E-state index in [1.807, 2.05) is 0 Å². The molecule has 0 aliphatic rings. The highest BCUT2D eigenvalue weighted by Crippen LogP contribution is 2.10. The van der Waals surface area contributed by atoms with E-state index >= 15 is 0 Å². The molecule has 44 heavy (non-hydrogen) atoms. The number of carboxylic acid groups (broad SMARTS) is 1. The molecule has 17 nitrogen and oxygen atoms in total. The third kappa shape index (κ3) is 72.8. The number of aliphatic hydroxyl groups excluding tert-OH is 15. The van der Waals surface area contributed by atoms with Gasteiger partial charge in [0.1, 0.15) is 30.5 Å². The van der Waals surface area contributed by atoms with Crippen molar-refractivity contribution in [1.29, 1.82) is 0 Å². The largest absolute Gasteiger partial charge is 0.481 e. The molecule has 16 N–H and O–H groups in total. The zero-order valence-corrected chi connectivity index (χ0v) is 26.1. The van der Waals surface area contributed by atoms with Crippen LogP contribution in [0.25, 0.3) is 0 Å². The molecule has 274 valence electrons. The molecule has 0 unspecified atom stereocenters. The van der Waals surface area contributed by atoms with Crippen LogP contribution in [0.3, 0.4) is 0 Å². The van der Waals surface area contributed by atoms with E-state index in [0.29, 0.717) is 6.42 Å². The Labute approximate surface area is 260 Å². The third-order valence-electron chi connectivity index (χ3n) is 4.60. The minimum atomic E-state index is -0.954. The first kappa shape index (κ1) is 55.3. The van der Waals surface area contributed by atoms with Crippen molar-refractivity contribution in [3.05, 3.63) is 0 Å². The van der Waals surface area contributed by atoms with Crippen molar-refractivity contribution < 1.29 is 86.5 Å². The average Bonchev–Trinajstić information content (AvgIpc) is 3.06. The number of aliphatic hydroxyl groups is 15. The van der Waals surface area contributed by atoms with E-state index in [4.69, 9.17) is 81.7 Å². The lowest BCUT2D eigenvalue weighted by atomic mass is 10.1. The molecule has 0 saturated carbocycles. The molecule has 0 fully saturated rings. The molecule has 17 heteroatoms. The summed E-state index contributed by atoms with van der Waals surface area (Å²) < 4.78 is 0. The van der Waals surface area contributed by atoms with E-state index in [-0.39, 0.29) is 66.1 Å². The fourth-order valence-electron chi connectivity index (χ4n) is 1.88. The van der Waals surface area contributed by atoms with Crippen LogP contribution < -0.4 is 0 Å². The van der Waals surface area contributed by atoms with Crippen LogP contribution in [-0.2, 0) is 4.79 Å². The maximum atomic E-state index is 10.2. The number of carbonyl (C=O) groups is 1. The minimum Gasteiger partial charge on any atom is -0.481 e. The lowest BCUT2D eigenvalue weighted by Crippen LogP contribution is -2.15. The summed E-state index contributed by atoms with van der Waals surface area (Å²) in [5, 5.41) is 128. The van der Waals surface area contributed by atoms with Crippen LogP contribution in [0.1, 0.15) is 71.1 Å². The van der Waals surface area contributed by atoms with Crippen LogP contribution in [0, 0.1) is 0 Å². The molecule has 0 aliphatic heterocycles. The molecule has 0 saturated heterocycles. The van der Waals surface area contributed by atoms with Gasteiger partial charge in [0.15, 0.2) is 0 Å². The molecular weight excluding hydrogens is 596 g/mol. The average molecular weight is 661 g/mol. The fraction of sp³-hybridized carbons (Fsp3) is 0.963. The SMILES string of the molecule is CCCCCCCCCCCC(=O)O.OCC(O)CO.OCC(O)CO.OCC(O)CO.OCC(O)CO.OCC(O)CO. The van der Waals surface area contributed by atoms with E-state index in [0.717, 1.165) is 12.8 Å². The number of aliphatic carboxylic acids is 1. The van der Waals surface area contributed by atoms with Crippen molar-refractivity contribution in [3.63, 3.8) is 0 Å². The fourth-order valence-corrected chi connectivity index (χ4v) is 1.88. The normalized spacial score (nSPS) is 10.1. The molecule has 0 radical (unpaired) electrons. The summed E-state index contributed by atoms with van der Waals surface area (Å²) in [5.41, 5.74) is 0. The van der Waals surface area contributed by atoms with E-state index in [1.165, 1.54) is 44.9 Å². The van der Waals surface area contributed by atoms with Gasteiger partial charge in [0, 0.05) is 6.42 Å². The van der Waals surface area contributed by atoms with E-state index in [9.17, 15) is 4.79 Å². The number of unbranched alkanes of at least 4 members (excludes halogenated alkanes) is 8. The Morgan fingerprint density at radius 2 is 0.568 bits per heavy atom. The van der Waals surface area contributed by atoms with Crippen LogP contribution in [-0.4, -0.2) is 184 Å². The summed E-state index contributed by atoms with van der Waals surface area (Å²) in [6.07, 6.45) is 6.71. The first-order chi connectivity index (χ1) is 20.8. The third-order valence-corrected chi connectivity index (χ3v) is 4.60. The Bertz CT molecular complexity index is 400. The zero-order chi connectivity index (χ0) is 35.6. The summed E-state index contributed by atoms with van der Waals surface area (Å²) in [6.45, 7) is -1.42. The quantitative estimate of drug-likeness (QED) is 0.0548. The van der Waals surface area contributed by atoms with Crippen molar-refractivity contribution in [2.45, 2.75) is 102 Å². The van der Waals surface area contributed by atoms with Gasteiger partial charge in [0.05, 0.1) is 66.1 Å². The number of hydrogen-bond acceptors (Lipinski definition) is 16. The molecule has 0 atom stereocenters. The summed E-state index contributed by atoms with van der Waals surface area (Å²) >= 11 is 0. The van der Waals surface area contributed by atoms with Gasteiger partial charge in [-0.15, -0.1) is 0 Å². The summed E-state index contributed by atoms with van der Waals surface area (Å²) in [7, 11) is 0. The van der Waals surface area contributed by atoms with Crippen LogP contribution in [0.2, 0.25) is 0 Å². The van der Waals surface area contributed by atoms with E-state index in [1.54, 1.807) is 0 Å². The van der Waals surface area contributed by atoms with Gasteiger partial charge in [-0.05, 0) is 6.42 Å². The Kier molecular flexibility index (Phi) is 64.6. The van der Waals surface area contributed by atoms with Gasteiger partial charge >= 0.3 is 5.97 Å². The smallest absolute Gasteiger partial charge is 0.303 e. The number of carboxylic acids is 1. The summed E-state index contributed by atoms with van der Waals surface area (Å²) in [5.74, 6) is -0.659. The Morgan fingerprint density at radius 3 is 0.705 bits per heavy atom. The van der Waals surface area contributed by atoms with Crippen LogP contribution in [0.15, 0.2) is 0 Å². The van der Waals surface area contributed by atoms with Gasteiger partial charge in [-0.1, -0.05) is 58.3 Å². The van der Waals surface area contributed by atoms with Crippen molar-refractivity contribution >= 4 is 5.97 Å². The molecule has 0 amide bonds. The van der Waals surface area contributed by atoms with Gasteiger partial charge in [-0.2, -0.15) is 0 Å². The predicted molar refractivity (Wildman–Crippen MR) is 160 cm³/mol. The maximum absolute atomic E-state index is 10.2. The highest BCUT2D eigenvalue weighted by Gasteiger charge is 1.97. The Balaban J connectivity index is -0.000000104. The van der Waals surface area contributed by atoms with Crippen LogP contribution >= 0.6 is 0 Å². The number of rotatable bonds is 20. The second kappa shape index (κ2) is 51.4. The standard InChI is InChI=1S/C12H24O2.5C3H8O3/c1-2-3-4-5-6-7-8-9-10-11-12(13)14;5*4-1-3(6)2-5/h2-11H2,1H3,(H,13,14);5*3-6H,1-2H2. The van der Waals surface area contributed by atoms with Gasteiger partial charge in [-0.3, -0.25) is 4.79 Å². The van der Waals surface area contributed by atoms with Gasteiger partial charge in [0.25, 0.3) is 0 Å². The Hall–Kier alpha value is -1.13. The number of hydrogen-bond donors (Lipinski definition) is 16. The van der Waals surface area contributed by atoms with Gasteiger partial charge < -0.3 is 81.7 Å². The van der Waals surface area contributed by atoms with E-state index < -0.39 is 36.5 Å². The predicted octanol–water partition coefficient (Wildman–Crippen LogP) is -4.35. The molecular formula is C27H64O17. The molecule has 0 aromatic carbocycles. The zero-order valence-electron chi connectivity index (χ0n) is 26.1. The van der Waals surface area contributed by atoms with Gasteiger partial charge in [0.2, 0.25) is 0 Å². The van der Waals surface area contributed by atoms with Crippen molar-refractivity contribution in [3.8, 4) is 0 Å². The highest BCUT2D eigenvalue weighted by atomic mass is 16.4. The van der Waals surface area contributed by atoms with E-state index in [2.05, 4.69) is 6.92 Å². The molecule has 0 spiro atoms. The molecule has 0 bridgehead atoms. The molecule has 0 rings (SSSR count). The second-order valence-corrected chi connectivity index (χ2v) is 9.07. The highest BCUT2D eigenvalue weighted by molar-refractivity contribution is 5.66. The maximum Gasteiger partial charge on any atom is 0.303 e. The molecule has 0 aliphatic carbocycles. The molecule has 0 heterocycles. The lowest BCUT2D eigenvalue weighted by Gasteiger charge is -2.00. The first-order valence-corrected chi connectivity index (χ1v) is 14.5. The molecule has 0 aromatic heterocycles. The van der Waals surface area contributed by atoms with Crippen LogP contribution in [0.5, 0.6) is 0 Å². The van der Waals surface area contributed by atoms with Crippen molar-refractivity contribution in [2.75, 3.05) is 66.1 Å². The van der Waals surface area contributed by atoms with Crippen molar-refractivity contribution in [1.82, 2.24) is 0 Å². The minimum absolute atomic E-state index is 0.343. The van der Waals surface area contributed by atoms with Crippen molar-refractivity contribution in [2.24, 2.45) is 0 Å². The Morgan fingerprint density at radius 1 is 0.386 bits per heavy atom. The second-order valence-electron chi connectivity index (χ2n) is 9.07. The first-order valence-electron chi connectivity index (χ1n) is 14.5. The molecule has 0 aromatic rings. The summed E-state index contributed by atoms with van der Waals surface area (Å²) in [4.78, 5) is 10.2. The van der Waals surface area contributed by atoms with Gasteiger partial charge in [-0.25, -0.2) is 0 Å². The monoisotopic (exact) mass is 660 g/mol.